The molecule has 0 amide bonds. The summed E-state index contributed by atoms with van der Waals surface area (Å²) in [5.41, 5.74) is 4.73. The fourth-order valence-electron chi connectivity index (χ4n) is 2.36. The summed E-state index contributed by atoms with van der Waals surface area (Å²) in [6, 6.07) is 14.9. The Labute approximate surface area is 132 Å². The Morgan fingerprint density at radius 3 is 2.71 bits per heavy atom. The molecule has 0 radical (unpaired) electrons. The van der Waals surface area contributed by atoms with E-state index in [1.54, 1.807) is 0 Å². The first kappa shape index (κ1) is 14.4. The first-order valence-electron chi connectivity index (χ1n) is 7.46. The molecular weight excluding hydrogens is 323 g/mol. The van der Waals surface area contributed by atoms with Gasteiger partial charge in [0.2, 0.25) is 0 Å². The van der Waals surface area contributed by atoms with Crippen LogP contribution in [0.2, 0.25) is 5.32 Å². The Kier molecular flexibility index (Phi) is 4.42. The summed E-state index contributed by atoms with van der Waals surface area (Å²) in [5, 5.41) is 1.28. The van der Waals surface area contributed by atoms with Gasteiger partial charge in [0.15, 0.2) is 0 Å². The summed E-state index contributed by atoms with van der Waals surface area (Å²) in [6.45, 7) is 4.38. The van der Waals surface area contributed by atoms with Crippen molar-refractivity contribution in [1.29, 1.82) is 0 Å². The summed E-state index contributed by atoms with van der Waals surface area (Å²) < 4.78 is 3.68. The van der Waals surface area contributed by atoms with Crippen LogP contribution in [-0.2, 0) is 0 Å². The summed E-state index contributed by atoms with van der Waals surface area (Å²) in [6.07, 6.45) is 4.73. The van der Waals surface area contributed by atoms with Crippen molar-refractivity contribution in [2.45, 2.75) is 32.0 Å². The topological polar surface area (TPSA) is 17.3 Å². The SMILES string of the molecule is CCCC[Se]c1c(-c2ccccc2)nc2cc(C)ccn12. The zero-order valence-electron chi connectivity index (χ0n) is 12.5. The van der Waals surface area contributed by atoms with Crippen LogP contribution in [-0.4, -0.2) is 24.3 Å². The van der Waals surface area contributed by atoms with Crippen LogP contribution in [0, 0.1) is 6.92 Å². The summed E-state index contributed by atoms with van der Waals surface area (Å²) in [5.74, 6) is 0. The van der Waals surface area contributed by atoms with E-state index in [0.717, 1.165) is 11.3 Å². The molecule has 0 aliphatic heterocycles. The van der Waals surface area contributed by atoms with Crippen LogP contribution < -0.4 is 4.59 Å². The number of pyridine rings is 1. The number of aromatic nitrogens is 2. The third kappa shape index (κ3) is 3.04. The van der Waals surface area contributed by atoms with Crippen LogP contribution in [0.5, 0.6) is 0 Å². The van der Waals surface area contributed by atoms with Crippen LogP contribution in [0.4, 0.5) is 0 Å². The van der Waals surface area contributed by atoms with Gasteiger partial charge in [0.25, 0.3) is 0 Å². The first-order valence-corrected chi connectivity index (χ1v) is 9.53. The molecule has 0 aliphatic carbocycles. The fraction of sp³-hybridized carbons (Fsp3) is 0.278. The number of unbranched alkanes of at least 4 members (excludes halogenated alkanes) is 1. The van der Waals surface area contributed by atoms with Crippen LogP contribution in [0.3, 0.4) is 0 Å². The van der Waals surface area contributed by atoms with E-state index in [-0.39, 0.29) is 0 Å². The van der Waals surface area contributed by atoms with Gasteiger partial charge in [-0.25, -0.2) is 0 Å². The molecule has 21 heavy (non-hydrogen) atoms. The van der Waals surface area contributed by atoms with Crippen molar-refractivity contribution in [3.63, 3.8) is 0 Å². The molecule has 3 rings (SSSR count). The molecule has 0 aliphatic rings. The van der Waals surface area contributed by atoms with Crippen molar-refractivity contribution >= 4 is 25.2 Å². The van der Waals surface area contributed by atoms with E-state index in [0.29, 0.717) is 15.0 Å². The predicted octanol–water partition coefficient (Wildman–Crippen LogP) is 3.86. The number of aryl methyl sites for hydroxylation is 1. The van der Waals surface area contributed by atoms with Crippen LogP contribution >= 0.6 is 0 Å². The Morgan fingerprint density at radius 1 is 1.14 bits per heavy atom. The van der Waals surface area contributed by atoms with Crippen molar-refractivity contribution in [3.8, 4) is 11.3 Å². The van der Waals surface area contributed by atoms with Crippen LogP contribution in [0.1, 0.15) is 25.3 Å². The van der Waals surface area contributed by atoms with Gasteiger partial charge < -0.3 is 0 Å². The van der Waals surface area contributed by atoms with E-state index in [1.807, 2.05) is 0 Å². The van der Waals surface area contributed by atoms with Crippen molar-refractivity contribution < 1.29 is 0 Å². The molecule has 3 aromatic rings. The van der Waals surface area contributed by atoms with Crippen LogP contribution in [0.25, 0.3) is 16.9 Å². The molecule has 3 heteroatoms. The molecule has 0 saturated carbocycles. The van der Waals surface area contributed by atoms with Crippen molar-refractivity contribution in [1.82, 2.24) is 9.38 Å². The van der Waals surface area contributed by atoms with Gasteiger partial charge in [-0.3, -0.25) is 0 Å². The molecule has 0 N–H and O–H groups in total. The number of rotatable bonds is 5. The van der Waals surface area contributed by atoms with E-state index < -0.39 is 0 Å². The summed E-state index contributed by atoms with van der Waals surface area (Å²) in [7, 11) is 0. The van der Waals surface area contributed by atoms with Gasteiger partial charge in [-0.05, 0) is 0 Å². The molecule has 1 aromatic carbocycles. The zero-order chi connectivity index (χ0) is 14.7. The summed E-state index contributed by atoms with van der Waals surface area (Å²) >= 11 is 0.468. The van der Waals surface area contributed by atoms with Gasteiger partial charge in [-0.15, -0.1) is 0 Å². The fourth-order valence-corrected chi connectivity index (χ4v) is 4.92. The minimum absolute atomic E-state index is 0.468. The van der Waals surface area contributed by atoms with E-state index in [9.17, 15) is 0 Å². The van der Waals surface area contributed by atoms with E-state index in [1.165, 1.54) is 33.9 Å². The van der Waals surface area contributed by atoms with Gasteiger partial charge >= 0.3 is 132 Å². The normalized spacial score (nSPS) is 11.1. The van der Waals surface area contributed by atoms with Crippen molar-refractivity contribution in [3.05, 3.63) is 54.2 Å². The Bertz CT molecular complexity index is 732. The van der Waals surface area contributed by atoms with Crippen molar-refractivity contribution in [2.75, 3.05) is 0 Å². The second kappa shape index (κ2) is 6.46. The number of fused-ring (bicyclic) bond motifs is 1. The second-order valence-corrected chi connectivity index (χ2v) is 7.54. The maximum atomic E-state index is 4.90. The molecular formula is C18H20N2Se. The second-order valence-electron chi connectivity index (χ2n) is 5.27. The average Bonchev–Trinajstić information content (AvgIpc) is 2.86. The number of hydrogen-bond donors (Lipinski definition) is 0. The number of imidazole rings is 1. The third-order valence-corrected chi connectivity index (χ3v) is 5.95. The number of benzene rings is 1. The van der Waals surface area contributed by atoms with E-state index in [4.69, 9.17) is 4.98 Å². The van der Waals surface area contributed by atoms with Crippen LogP contribution in [0.15, 0.2) is 48.7 Å². The van der Waals surface area contributed by atoms with E-state index in [2.05, 4.69) is 66.9 Å². The molecule has 0 unspecified atom stereocenters. The maximum absolute atomic E-state index is 4.90. The minimum atomic E-state index is 0.468. The average molecular weight is 343 g/mol. The Balaban J connectivity index is 2.10. The van der Waals surface area contributed by atoms with Gasteiger partial charge in [-0.2, -0.15) is 0 Å². The van der Waals surface area contributed by atoms with Gasteiger partial charge in [0, 0.05) is 0 Å². The molecule has 2 nitrogen and oxygen atoms in total. The monoisotopic (exact) mass is 344 g/mol. The molecule has 0 saturated heterocycles. The number of nitrogens with zero attached hydrogens (tertiary/aromatic N) is 2. The molecule has 2 aromatic heterocycles. The molecule has 2 heterocycles. The van der Waals surface area contributed by atoms with Crippen molar-refractivity contribution in [2.24, 2.45) is 0 Å². The first-order chi connectivity index (χ1) is 10.3. The van der Waals surface area contributed by atoms with Gasteiger partial charge in [0.1, 0.15) is 0 Å². The predicted molar refractivity (Wildman–Crippen MR) is 90.5 cm³/mol. The third-order valence-electron chi connectivity index (χ3n) is 3.52. The molecule has 0 atom stereocenters. The molecule has 0 bridgehead atoms. The summed E-state index contributed by atoms with van der Waals surface area (Å²) in [4.78, 5) is 4.90. The Hall–Kier alpha value is -1.57. The zero-order valence-corrected chi connectivity index (χ0v) is 14.3. The molecule has 0 spiro atoms. The van der Waals surface area contributed by atoms with Gasteiger partial charge in [0.05, 0.1) is 0 Å². The Morgan fingerprint density at radius 2 is 1.95 bits per heavy atom. The van der Waals surface area contributed by atoms with E-state index >= 15 is 0 Å². The molecule has 0 fully saturated rings. The number of hydrogen-bond acceptors (Lipinski definition) is 1. The standard InChI is InChI=1S/C18H20N2Se/c1-3-4-12-21-18-17(15-8-6-5-7-9-15)19-16-13-14(2)10-11-20(16)18/h5-11,13H,3-4,12H2,1-2H3. The van der Waals surface area contributed by atoms with Gasteiger partial charge in [-0.1, -0.05) is 0 Å². The molecule has 108 valence electrons. The quantitative estimate of drug-likeness (QED) is 0.508.